The van der Waals surface area contributed by atoms with E-state index in [1.165, 1.54) is 0 Å². The van der Waals surface area contributed by atoms with Crippen LogP contribution in [0.5, 0.6) is 0 Å². The molecule has 0 aromatic heterocycles. The van der Waals surface area contributed by atoms with E-state index >= 15 is 0 Å². The van der Waals surface area contributed by atoms with Crippen molar-refractivity contribution >= 4 is 11.8 Å². The minimum atomic E-state index is -0.962. The molecule has 102 valence electrons. The molecular formula is C16H20O3. The number of ketones is 1. The SMILES string of the molecule is CCOC(=O)C1(Cc2ccccc2)CCC(C)C1=O. The number of carbonyl (C=O) groups is 2. The van der Waals surface area contributed by atoms with Crippen molar-refractivity contribution in [2.24, 2.45) is 11.3 Å². The van der Waals surface area contributed by atoms with Crippen molar-refractivity contribution in [2.45, 2.75) is 33.1 Å². The van der Waals surface area contributed by atoms with Gasteiger partial charge in [0.1, 0.15) is 5.41 Å². The summed E-state index contributed by atoms with van der Waals surface area (Å²) in [5, 5.41) is 0. The minimum Gasteiger partial charge on any atom is -0.465 e. The number of ether oxygens (including phenoxy) is 1. The zero-order chi connectivity index (χ0) is 13.9. The zero-order valence-electron chi connectivity index (χ0n) is 11.5. The molecule has 1 aromatic carbocycles. The largest absolute Gasteiger partial charge is 0.465 e. The molecule has 1 aliphatic rings. The van der Waals surface area contributed by atoms with Gasteiger partial charge in [-0.15, -0.1) is 0 Å². The van der Waals surface area contributed by atoms with Crippen molar-refractivity contribution in [3.05, 3.63) is 35.9 Å². The van der Waals surface area contributed by atoms with Gasteiger partial charge in [0.05, 0.1) is 6.61 Å². The van der Waals surface area contributed by atoms with Gasteiger partial charge in [-0.2, -0.15) is 0 Å². The Labute approximate surface area is 114 Å². The highest BCUT2D eigenvalue weighted by atomic mass is 16.5. The van der Waals surface area contributed by atoms with Crippen LogP contribution in [0.25, 0.3) is 0 Å². The van der Waals surface area contributed by atoms with Crippen LogP contribution in [-0.4, -0.2) is 18.4 Å². The molecule has 0 N–H and O–H groups in total. The molecule has 2 atom stereocenters. The van der Waals surface area contributed by atoms with Gasteiger partial charge in [0.2, 0.25) is 0 Å². The summed E-state index contributed by atoms with van der Waals surface area (Å²) in [4.78, 5) is 24.7. The van der Waals surface area contributed by atoms with Crippen molar-refractivity contribution in [1.29, 1.82) is 0 Å². The summed E-state index contributed by atoms with van der Waals surface area (Å²) in [7, 11) is 0. The Hall–Kier alpha value is -1.64. The fraction of sp³-hybridized carbons (Fsp3) is 0.500. The highest BCUT2D eigenvalue weighted by Gasteiger charge is 2.52. The maximum Gasteiger partial charge on any atom is 0.319 e. The first kappa shape index (κ1) is 13.8. The molecule has 1 aliphatic carbocycles. The molecule has 1 saturated carbocycles. The Kier molecular flexibility index (Phi) is 4.03. The zero-order valence-corrected chi connectivity index (χ0v) is 11.5. The molecule has 3 nitrogen and oxygen atoms in total. The van der Waals surface area contributed by atoms with E-state index in [-0.39, 0.29) is 17.7 Å². The second-order valence-electron chi connectivity index (χ2n) is 5.27. The average molecular weight is 260 g/mol. The van der Waals surface area contributed by atoms with Crippen molar-refractivity contribution in [1.82, 2.24) is 0 Å². The molecular weight excluding hydrogens is 240 g/mol. The number of benzene rings is 1. The predicted octanol–water partition coefficient (Wildman–Crippen LogP) is 2.78. The number of Topliss-reactive ketones (excluding diaryl/α,β-unsaturated/α-hetero) is 1. The molecule has 0 amide bonds. The van der Waals surface area contributed by atoms with Crippen LogP contribution in [0.1, 0.15) is 32.3 Å². The summed E-state index contributed by atoms with van der Waals surface area (Å²) >= 11 is 0. The minimum absolute atomic E-state index is 0.0369. The Morgan fingerprint density at radius 1 is 1.37 bits per heavy atom. The lowest BCUT2D eigenvalue weighted by Gasteiger charge is -2.25. The molecule has 2 rings (SSSR count). The van der Waals surface area contributed by atoms with E-state index in [0.29, 0.717) is 19.4 Å². The van der Waals surface area contributed by atoms with Crippen molar-refractivity contribution < 1.29 is 14.3 Å². The van der Waals surface area contributed by atoms with Crippen molar-refractivity contribution in [3.8, 4) is 0 Å². The third kappa shape index (κ3) is 2.55. The van der Waals surface area contributed by atoms with E-state index in [0.717, 1.165) is 12.0 Å². The fourth-order valence-corrected chi connectivity index (χ4v) is 2.85. The highest BCUT2D eigenvalue weighted by molar-refractivity contribution is 6.06. The molecule has 3 heteroatoms. The van der Waals surface area contributed by atoms with Crippen LogP contribution in [0.3, 0.4) is 0 Å². The summed E-state index contributed by atoms with van der Waals surface area (Å²) in [6.45, 7) is 3.99. The predicted molar refractivity (Wildman–Crippen MR) is 72.6 cm³/mol. The van der Waals surface area contributed by atoms with Crippen LogP contribution in [-0.2, 0) is 20.7 Å². The summed E-state index contributed by atoms with van der Waals surface area (Å²) in [5.41, 5.74) is 0.0505. The van der Waals surface area contributed by atoms with Gasteiger partial charge in [0, 0.05) is 5.92 Å². The quantitative estimate of drug-likeness (QED) is 0.617. The number of hydrogen-bond donors (Lipinski definition) is 0. The summed E-state index contributed by atoms with van der Waals surface area (Å²) < 4.78 is 5.16. The van der Waals surface area contributed by atoms with Crippen LogP contribution in [0, 0.1) is 11.3 Å². The molecule has 19 heavy (non-hydrogen) atoms. The van der Waals surface area contributed by atoms with E-state index in [9.17, 15) is 9.59 Å². The molecule has 0 saturated heterocycles. The van der Waals surface area contributed by atoms with Gasteiger partial charge in [-0.05, 0) is 31.7 Å². The van der Waals surface area contributed by atoms with E-state index in [1.807, 2.05) is 37.3 Å². The Balaban J connectivity index is 2.30. The first-order chi connectivity index (χ1) is 9.10. The maximum atomic E-state index is 12.4. The number of rotatable bonds is 4. The Bertz CT molecular complexity index is 466. The molecule has 2 unspecified atom stereocenters. The lowest BCUT2D eigenvalue weighted by Crippen LogP contribution is -2.40. The van der Waals surface area contributed by atoms with Gasteiger partial charge >= 0.3 is 5.97 Å². The first-order valence-electron chi connectivity index (χ1n) is 6.85. The topological polar surface area (TPSA) is 43.4 Å². The molecule has 0 heterocycles. The van der Waals surface area contributed by atoms with Gasteiger partial charge in [0.25, 0.3) is 0 Å². The number of hydrogen-bond acceptors (Lipinski definition) is 3. The van der Waals surface area contributed by atoms with Gasteiger partial charge in [-0.3, -0.25) is 9.59 Å². The number of esters is 1. The molecule has 0 aliphatic heterocycles. The second-order valence-corrected chi connectivity index (χ2v) is 5.27. The Morgan fingerprint density at radius 3 is 2.58 bits per heavy atom. The van der Waals surface area contributed by atoms with E-state index in [4.69, 9.17) is 4.74 Å². The summed E-state index contributed by atoms with van der Waals surface area (Å²) in [6.07, 6.45) is 1.82. The fourth-order valence-electron chi connectivity index (χ4n) is 2.85. The maximum absolute atomic E-state index is 12.4. The molecule has 1 fully saturated rings. The van der Waals surface area contributed by atoms with Crippen molar-refractivity contribution in [3.63, 3.8) is 0 Å². The highest BCUT2D eigenvalue weighted by Crippen LogP contribution is 2.42. The lowest BCUT2D eigenvalue weighted by molar-refractivity contribution is -0.159. The lowest BCUT2D eigenvalue weighted by atomic mass is 9.78. The molecule has 0 spiro atoms. The standard InChI is InChI=1S/C16H20O3/c1-3-19-15(18)16(10-9-12(2)14(16)17)11-13-7-5-4-6-8-13/h4-8,12H,3,9-11H2,1-2H3. The van der Waals surface area contributed by atoms with E-state index in [1.54, 1.807) is 6.92 Å². The first-order valence-corrected chi connectivity index (χ1v) is 6.85. The molecule has 0 radical (unpaired) electrons. The third-order valence-corrected chi connectivity index (χ3v) is 3.94. The van der Waals surface area contributed by atoms with Crippen LogP contribution < -0.4 is 0 Å². The van der Waals surface area contributed by atoms with Crippen LogP contribution >= 0.6 is 0 Å². The van der Waals surface area contributed by atoms with E-state index in [2.05, 4.69) is 0 Å². The molecule has 0 bridgehead atoms. The molecule has 1 aromatic rings. The van der Waals surface area contributed by atoms with Crippen LogP contribution in [0.4, 0.5) is 0 Å². The summed E-state index contributed by atoms with van der Waals surface area (Å²) in [5.74, 6) is -0.365. The average Bonchev–Trinajstić information content (AvgIpc) is 2.70. The second kappa shape index (κ2) is 5.55. The van der Waals surface area contributed by atoms with Gasteiger partial charge < -0.3 is 4.74 Å². The van der Waals surface area contributed by atoms with E-state index < -0.39 is 5.41 Å². The third-order valence-electron chi connectivity index (χ3n) is 3.94. The van der Waals surface area contributed by atoms with Gasteiger partial charge in [-0.25, -0.2) is 0 Å². The smallest absolute Gasteiger partial charge is 0.319 e. The normalized spacial score (nSPS) is 26.4. The van der Waals surface area contributed by atoms with Crippen LogP contribution in [0.2, 0.25) is 0 Å². The summed E-state index contributed by atoms with van der Waals surface area (Å²) in [6, 6.07) is 9.70. The van der Waals surface area contributed by atoms with Crippen molar-refractivity contribution in [2.75, 3.05) is 6.61 Å². The number of carbonyl (C=O) groups excluding carboxylic acids is 2. The monoisotopic (exact) mass is 260 g/mol. The van der Waals surface area contributed by atoms with Gasteiger partial charge in [-0.1, -0.05) is 37.3 Å². The van der Waals surface area contributed by atoms with Crippen LogP contribution in [0.15, 0.2) is 30.3 Å². The van der Waals surface area contributed by atoms with Gasteiger partial charge in [0.15, 0.2) is 5.78 Å². The Morgan fingerprint density at radius 2 is 2.05 bits per heavy atom.